The second-order valence-corrected chi connectivity index (χ2v) is 6.02. The molecule has 0 spiro atoms. The number of benzene rings is 1. The highest BCUT2D eigenvalue weighted by Gasteiger charge is 2.30. The van der Waals surface area contributed by atoms with Gasteiger partial charge in [0.05, 0.1) is 11.3 Å². The fourth-order valence-corrected chi connectivity index (χ4v) is 2.87. The quantitative estimate of drug-likeness (QED) is 0.916. The van der Waals surface area contributed by atoms with Gasteiger partial charge in [0.15, 0.2) is 0 Å². The Balaban J connectivity index is 1.92. The smallest absolute Gasteiger partial charge is 0.416 e. The molecule has 1 atom stereocenters. The van der Waals surface area contributed by atoms with E-state index < -0.39 is 11.7 Å². The van der Waals surface area contributed by atoms with E-state index in [2.05, 4.69) is 15.3 Å². The molecular weight excluding hydrogens is 331 g/mol. The minimum absolute atomic E-state index is 0.00749. The lowest BCUT2D eigenvalue weighted by Crippen LogP contribution is -2.30. The van der Waals surface area contributed by atoms with Gasteiger partial charge >= 0.3 is 6.18 Å². The third kappa shape index (κ3) is 3.91. The molecule has 2 aromatic rings. The van der Waals surface area contributed by atoms with E-state index in [1.54, 1.807) is 6.07 Å². The van der Waals surface area contributed by atoms with Crippen LogP contribution in [0.2, 0.25) is 0 Å². The number of aromatic nitrogens is 2. The number of alkyl halides is 3. The van der Waals surface area contributed by atoms with Gasteiger partial charge in [-0.3, -0.25) is 0 Å². The molecular formula is C17H19F3N5-. The van der Waals surface area contributed by atoms with Gasteiger partial charge in [0.1, 0.15) is 0 Å². The lowest BCUT2D eigenvalue weighted by atomic mass is 10.1. The highest BCUT2D eigenvalue weighted by molar-refractivity contribution is 5.61. The molecule has 1 saturated heterocycles. The standard InChI is InChI=1S/C17H19F3N5/c1-22-13-6-7-25(10-13)16-23-14(9-21)8-15(24-16)11-2-4-12(5-3-11)17(18,19)20/h2-5,8,13,21-22H,6-7,9-10H2,1H3/q-1. The molecule has 1 unspecified atom stereocenters. The van der Waals surface area contributed by atoms with Gasteiger partial charge < -0.3 is 16.0 Å². The van der Waals surface area contributed by atoms with Gasteiger partial charge in [0.2, 0.25) is 5.95 Å². The van der Waals surface area contributed by atoms with Crippen LogP contribution in [-0.2, 0) is 12.7 Å². The Bertz CT molecular complexity index is 730. The maximum atomic E-state index is 12.7. The van der Waals surface area contributed by atoms with Crippen LogP contribution in [0.15, 0.2) is 30.3 Å². The normalized spacial score (nSPS) is 18.0. The summed E-state index contributed by atoms with van der Waals surface area (Å²) in [5.74, 6) is 0.525. The average Bonchev–Trinajstić information content (AvgIpc) is 3.10. The molecule has 1 aliphatic rings. The average molecular weight is 350 g/mol. The summed E-state index contributed by atoms with van der Waals surface area (Å²) in [7, 11) is 1.91. The number of likely N-dealkylation sites (N-methyl/N-ethyl adjacent to an activating group) is 1. The van der Waals surface area contributed by atoms with Gasteiger partial charge in [-0.2, -0.15) is 13.2 Å². The second kappa shape index (κ2) is 6.97. The highest BCUT2D eigenvalue weighted by Crippen LogP contribution is 2.31. The number of halogens is 3. The first-order chi connectivity index (χ1) is 11.9. The highest BCUT2D eigenvalue weighted by atomic mass is 19.4. The van der Waals surface area contributed by atoms with E-state index in [0.29, 0.717) is 28.9 Å². The first kappa shape index (κ1) is 17.6. The van der Waals surface area contributed by atoms with E-state index in [-0.39, 0.29) is 6.54 Å². The monoisotopic (exact) mass is 350 g/mol. The van der Waals surface area contributed by atoms with Crippen LogP contribution in [0, 0.1) is 0 Å². The topological polar surface area (TPSA) is 64.8 Å². The molecule has 2 N–H and O–H groups in total. The van der Waals surface area contributed by atoms with Crippen molar-refractivity contribution in [2.24, 2.45) is 0 Å². The Hall–Kier alpha value is -2.19. The van der Waals surface area contributed by atoms with E-state index in [1.807, 2.05) is 11.9 Å². The first-order valence-corrected chi connectivity index (χ1v) is 8.03. The zero-order chi connectivity index (χ0) is 18.0. The van der Waals surface area contributed by atoms with Crippen LogP contribution < -0.4 is 10.2 Å². The maximum Gasteiger partial charge on any atom is 0.416 e. The Kier molecular flexibility index (Phi) is 4.91. The molecule has 0 aliphatic carbocycles. The van der Waals surface area contributed by atoms with E-state index in [1.165, 1.54) is 12.1 Å². The third-order valence-electron chi connectivity index (χ3n) is 4.34. The van der Waals surface area contributed by atoms with Crippen molar-refractivity contribution in [2.45, 2.75) is 25.2 Å². The van der Waals surface area contributed by atoms with Gasteiger partial charge in [0.25, 0.3) is 0 Å². The molecule has 1 fully saturated rings. The first-order valence-electron chi connectivity index (χ1n) is 8.03. The zero-order valence-corrected chi connectivity index (χ0v) is 13.8. The summed E-state index contributed by atoms with van der Waals surface area (Å²) in [5, 5.41) is 3.22. The Morgan fingerprint density at radius 3 is 2.52 bits per heavy atom. The molecule has 0 saturated carbocycles. The van der Waals surface area contributed by atoms with Gasteiger partial charge in [-0.25, -0.2) is 9.97 Å². The SMILES string of the molecule is CNC1CCN(c2nc(C[NH-])cc(-c3ccc(C(F)(F)F)cc3)n2)C1. The number of rotatable bonds is 4. The molecule has 5 nitrogen and oxygen atoms in total. The molecule has 0 bridgehead atoms. The van der Waals surface area contributed by atoms with Crippen LogP contribution in [0.3, 0.4) is 0 Å². The Morgan fingerprint density at radius 1 is 1.24 bits per heavy atom. The number of nitrogens with one attached hydrogen (secondary N) is 2. The van der Waals surface area contributed by atoms with Crippen molar-refractivity contribution < 1.29 is 13.2 Å². The van der Waals surface area contributed by atoms with E-state index in [0.717, 1.165) is 31.6 Å². The summed E-state index contributed by atoms with van der Waals surface area (Å²) in [5.41, 5.74) is 8.56. The minimum Gasteiger partial charge on any atom is -0.672 e. The van der Waals surface area contributed by atoms with Crippen LogP contribution >= 0.6 is 0 Å². The van der Waals surface area contributed by atoms with Gasteiger partial charge in [-0.15, -0.1) is 6.54 Å². The summed E-state index contributed by atoms with van der Waals surface area (Å²) >= 11 is 0. The van der Waals surface area contributed by atoms with Crippen LogP contribution in [0.1, 0.15) is 17.7 Å². The van der Waals surface area contributed by atoms with Crippen molar-refractivity contribution in [1.82, 2.24) is 15.3 Å². The largest absolute Gasteiger partial charge is 0.672 e. The van der Waals surface area contributed by atoms with Crippen molar-refractivity contribution in [3.8, 4) is 11.3 Å². The lowest BCUT2D eigenvalue weighted by molar-refractivity contribution is -0.137. The molecule has 8 heteroatoms. The molecule has 2 heterocycles. The summed E-state index contributed by atoms with van der Waals surface area (Å²) in [6, 6.07) is 6.92. The molecule has 1 aliphatic heterocycles. The summed E-state index contributed by atoms with van der Waals surface area (Å²) in [4.78, 5) is 11.0. The molecule has 0 radical (unpaired) electrons. The summed E-state index contributed by atoms with van der Waals surface area (Å²) in [6.45, 7) is 1.57. The van der Waals surface area contributed by atoms with Crippen molar-refractivity contribution in [1.29, 1.82) is 0 Å². The second-order valence-electron chi connectivity index (χ2n) is 6.02. The number of hydrogen-bond acceptors (Lipinski definition) is 4. The summed E-state index contributed by atoms with van der Waals surface area (Å²) in [6.07, 6.45) is -3.39. The number of anilines is 1. The van der Waals surface area contributed by atoms with Crippen molar-refractivity contribution in [3.05, 3.63) is 47.3 Å². The van der Waals surface area contributed by atoms with Gasteiger partial charge in [0, 0.05) is 30.4 Å². The third-order valence-corrected chi connectivity index (χ3v) is 4.34. The van der Waals surface area contributed by atoms with E-state index in [4.69, 9.17) is 5.73 Å². The fraction of sp³-hybridized carbons (Fsp3) is 0.412. The van der Waals surface area contributed by atoms with E-state index >= 15 is 0 Å². The minimum atomic E-state index is -4.36. The lowest BCUT2D eigenvalue weighted by Gasteiger charge is -2.19. The molecule has 134 valence electrons. The number of nitrogens with zero attached hydrogens (tertiary/aromatic N) is 3. The van der Waals surface area contributed by atoms with Crippen molar-refractivity contribution in [2.75, 3.05) is 25.0 Å². The van der Waals surface area contributed by atoms with Crippen LogP contribution in [0.4, 0.5) is 19.1 Å². The Labute approximate surface area is 144 Å². The van der Waals surface area contributed by atoms with Crippen molar-refractivity contribution in [3.63, 3.8) is 0 Å². The number of hydrogen-bond donors (Lipinski definition) is 1. The molecule has 1 aromatic heterocycles. The van der Waals surface area contributed by atoms with E-state index in [9.17, 15) is 13.2 Å². The maximum absolute atomic E-state index is 12.7. The van der Waals surface area contributed by atoms with Crippen LogP contribution in [-0.4, -0.2) is 36.1 Å². The van der Waals surface area contributed by atoms with Gasteiger partial charge in [-0.1, -0.05) is 12.1 Å². The van der Waals surface area contributed by atoms with Crippen LogP contribution in [0.25, 0.3) is 17.0 Å². The molecule has 0 amide bonds. The molecule has 3 rings (SSSR count). The molecule has 1 aromatic carbocycles. The molecule has 25 heavy (non-hydrogen) atoms. The predicted molar refractivity (Wildman–Crippen MR) is 90.2 cm³/mol. The summed E-state index contributed by atoms with van der Waals surface area (Å²) < 4.78 is 38.1. The fourth-order valence-electron chi connectivity index (χ4n) is 2.87. The van der Waals surface area contributed by atoms with Crippen molar-refractivity contribution >= 4 is 5.95 Å². The van der Waals surface area contributed by atoms with Gasteiger partial charge in [-0.05, 0) is 31.7 Å². The Morgan fingerprint density at radius 2 is 1.96 bits per heavy atom. The predicted octanol–water partition coefficient (Wildman–Crippen LogP) is 3.51. The van der Waals surface area contributed by atoms with Crippen LogP contribution in [0.5, 0.6) is 0 Å². The zero-order valence-electron chi connectivity index (χ0n) is 13.8.